The summed E-state index contributed by atoms with van der Waals surface area (Å²) in [6.45, 7) is 6.27. The zero-order valence-corrected chi connectivity index (χ0v) is 18.5. The number of fused-ring (bicyclic) bond motifs is 1. The van der Waals surface area contributed by atoms with Crippen molar-refractivity contribution in [3.63, 3.8) is 0 Å². The minimum absolute atomic E-state index is 0.134. The standard InChI is InChI=1S/C14H18O3.C13H13F/c1-10-2-3-12(8-10)11-4-6-13(7-5-11)17-9-14(15)16;1-9(2)10-7-8-13(14)12-6-4-3-5-11(10)12/h4-7,10,12H,2-3,8-9H2,1H3,(H,15,16);3-9H,1-2H3/t10-,12?;/m0./s1. The van der Waals surface area contributed by atoms with E-state index < -0.39 is 5.97 Å². The maximum absolute atomic E-state index is 13.4. The largest absolute Gasteiger partial charge is 0.482 e. The molecule has 4 rings (SSSR count). The van der Waals surface area contributed by atoms with E-state index in [9.17, 15) is 9.18 Å². The summed E-state index contributed by atoms with van der Waals surface area (Å²) in [5.74, 6) is 1.47. The van der Waals surface area contributed by atoms with Gasteiger partial charge in [0, 0.05) is 5.39 Å². The van der Waals surface area contributed by atoms with Crippen LogP contribution in [0.25, 0.3) is 10.8 Å². The van der Waals surface area contributed by atoms with Crippen LogP contribution in [0.5, 0.6) is 5.75 Å². The highest BCUT2D eigenvalue weighted by Crippen LogP contribution is 2.38. The number of hydrogen-bond donors (Lipinski definition) is 1. The van der Waals surface area contributed by atoms with E-state index in [4.69, 9.17) is 9.84 Å². The summed E-state index contributed by atoms with van der Waals surface area (Å²) < 4.78 is 18.5. The van der Waals surface area contributed by atoms with Crippen molar-refractivity contribution >= 4 is 16.7 Å². The minimum atomic E-state index is -0.946. The Bertz CT molecular complexity index is 1010. The highest BCUT2D eigenvalue weighted by Gasteiger charge is 2.22. The quantitative estimate of drug-likeness (QED) is 0.475. The van der Waals surface area contributed by atoms with Crippen LogP contribution in [0.4, 0.5) is 4.39 Å². The van der Waals surface area contributed by atoms with Crippen LogP contribution < -0.4 is 4.74 Å². The van der Waals surface area contributed by atoms with E-state index in [1.165, 1.54) is 30.4 Å². The molecule has 4 heteroatoms. The van der Waals surface area contributed by atoms with Crippen molar-refractivity contribution in [3.8, 4) is 5.75 Å². The first-order chi connectivity index (χ1) is 14.8. The summed E-state index contributed by atoms with van der Waals surface area (Å²) in [6, 6.07) is 18.9. The molecule has 1 fully saturated rings. The molecule has 3 nitrogen and oxygen atoms in total. The average molecular weight is 423 g/mol. The number of carboxylic acid groups (broad SMARTS) is 1. The van der Waals surface area contributed by atoms with Gasteiger partial charge in [0.25, 0.3) is 0 Å². The number of ether oxygens (including phenoxy) is 1. The summed E-state index contributed by atoms with van der Waals surface area (Å²) in [7, 11) is 0. The molecule has 0 radical (unpaired) electrons. The minimum Gasteiger partial charge on any atom is -0.482 e. The molecule has 3 aromatic rings. The Labute approximate surface area is 183 Å². The fraction of sp³-hybridized carbons (Fsp3) is 0.370. The SMILES string of the molecule is CC(C)c1ccc(F)c2ccccc12.C[C@H]1CCC(c2ccc(OCC(=O)O)cc2)C1. The smallest absolute Gasteiger partial charge is 0.341 e. The molecule has 0 saturated heterocycles. The van der Waals surface area contributed by atoms with Gasteiger partial charge < -0.3 is 9.84 Å². The molecule has 1 aliphatic carbocycles. The lowest BCUT2D eigenvalue weighted by Crippen LogP contribution is -2.09. The molecule has 31 heavy (non-hydrogen) atoms. The maximum atomic E-state index is 13.4. The Morgan fingerprint density at radius 3 is 2.29 bits per heavy atom. The molecule has 0 bridgehead atoms. The molecule has 0 aliphatic heterocycles. The average Bonchev–Trinajstić information content (AvgIpc) is 3.19. The number of benzene rings is 3. The number of hydrogen-bond acceptors (Lipinski definition) is 2. The van der Waals surface area contributed by atoms with Crippen LogP contribution in [-0.4, -0.2) is 17.7 Å². The van der Waals surface area contributed by atoms with Gasteiger partial charge in [-0.25, -0.2) is 9.18 Å². The van der Waals surface area contributed by atoms with Gasteiger partial charge in [-0.05, 0) is 65.3 Å². The zero-order valence-electron chi connectivity index (χ0n) is 18.5. The van der Waals surface area contributed by atoms with Crippen molar-refractivity contribution in [1.29, 1.82) is 0 Å². The third-order valence-corrected chi connectivity index (χ3v) is 5.94. The second kappa shape index (κ2) is 10.4. The molecule has 164 valence electrons. The first kappa shape index (κ1) is 22.8. The number of aliphatic carboxylic acids is 1. The van der Waals surface area contributed by atoms with Crippen molar-refractivity contribution < 1.29 is 19.0 Å². The van der Waals surface area contributed by atoms with Crippen LogP contribution in [0.3, 0.4) is 0 Å². The third-order valence-electron chi connectivity index (χ3n) is 5.94. The number of rotatable bonds is 5. The molecule has 1 unspecified atom stereocenters. The lowest BCUT2D eigenvalue weighted by molar-refractivity contribution is -0.139. The summed E-state index contributed by atoms with van der Waals surface area (Å²) in [4.78, 5) is 10.4. The Kier molecular flexibility index (Phi) is 7.67. The Morgan fingerprint density at radius 1 is 1.03 bits per heavy atom. The molecule has 0 aromatic heterocycles. The zero-order chi connectivity index (χ0) is 22.4. The highest BCUT2D eigenvalue weighted by molar-refractivity contribution is 5.86. The van der Waals surface area contributed by atoms with E-state index in [2.05, 4.69) is 32.9 Å². The van der Waals surface area contributed by atoms with Gasteiger partial charge in [-0.2, -0.15) is 0 Å². The van der Waals surface area contributed by atoms with E-state index in [1.807, 2.05) is 42.5 Å². The van der Waals surface area contributed by atoms with Gasteiger partial charge >= 0.3 is 5.97 Å². The lowest BCUT2D eigenvalue weighted by atomic mass is 9.96. The van der Waals surface area contributed by atoms with Crippen LogP contribution >= 0.6 is 0 Å². The van der Waals surface area contributed by atoms with Crippen LogP contribution in [-0.2, 0) is 4.79 Å². The molecule has 0 heterocycles. The topological polar surface area (TPSA) is 46.5 Å². The van der Waals surface area contributed by atoms with E-state index in [0.29, 0.717) is 17.6 Å². The van der Waals surface area contributed by atoms with E-state index in [1.54, 1.807) is 6.07 Å². The van der Waals surface area contributed by atoms with Gasteiger partial charge in [0.1, 0.15) is 11.6 Å². The lowest BCUT2D eigenvalue weighted by Gasteiger charge is -2.11. The molecule has 1 saturated carbocycles. The van der Waals surface area contributed by atoms with Gasteiger partial charge in [0.15, 0.2) is 6.61 Å². The van der Waals surface area contributed by atoms with Crippen LogP contribution in [0.2, 0.25) is 0 Å². The monoisotopic (exact) mass is 422 g/mol. The van der Waals surface area contributed by atoms with Crippen molar-refractivity contribution in [2.75, 3.05) is 6.61 Å². The van der Waals surface area contributed by atoms with Crippen molar-refractivity contribution in [1.82, 2.24) is 0 Å². The van der Waals surface area contributed by atoms with E-state index >= 15 is 0 Å². The summed E-state index contributed by atoms with van der Waals surface area (Å²) in [6.07, 6.45) is 3.83. The van der Waals surface area contributed by atoms with Crippen molar-refractivity contribution in [2.45, 2.75) is 51.9 Å². The fourth-order valence-electron chi connectivity index (χ4n) is 4.28. The maximum Gasteiger partial charge on any atom is 0.341 e. The van der Waals surface area contributed by atoms with Gasteiger partial charge in [-0.15, -0.1) is 0 Å². The van der Waals surface area contributed by atoms with Gasteiger partial charge in [0.05, 0.1) is 0 Å². The van der Waals surface area contributed by atoms with Gasteiger partial charge in [0.2, 0.25) is 0 Å². The number of carboxylic acids is 1. The molecule has 0 spiro atoms. The first-order valence-corrected chi connectivity index (χ1v) is 11.0. The predicted octanol–water partition coefficient (Wildman–Crippen LogP) is 7.16. The second-order valence-corrected chi connectivity index (χ2v) is 8.70. The van der Waals surface area contributed by atoms with E-state index in [-0.39, 0.29) is 12.4 Å². The molecule has 1 N–H and O–H groups in total. The molecule has 0 amide bonds. The molecule has 3 aromatic carbocycles. The number of carbonyl (C=O) groups is 1. The van der Waals surface area contributed by atoms with Crippen LogP contribution in [0.1, 0.15) is 63.0 Å². The molecular weight excluding hydrogens is 391 g/mol. The van der Waals surface area contributed by atoms with Gasteiger partial charge in [-0.3, -0.25) is 0 Å². The summed E-state index contributed by atoms with van der Waals surface area (Å²) >= 11 is 0. The molecular formula is C27H31FO3. The highest BCUT2D eigenvalue weighted by atomic mass is 19.1. The molecule has 1 aliphatic rings. The third kappa shape index (κ3) is 6.06. The second-order valence-electron chi connectivity index (χ2n) is 8.70. The summed E-state index contributed by atoms with van der Waals surface area (Å²) in [5.41, 5.74) is 2.55. The Morgan fingerprint density at radius 2 is 1.71 bits per heavy atom. The number of halogens is 1. The van der Waals surface area contributed by atoms with Crippen molar-refractivity contribution in [3.05, 3.63) is 77.6 Å². The Balaban J connectivity index is 0.000000179. The van der Waals surface area contributed by atoms with E-state index in [0.717, 1.165) is 16.7 Å². The fourth-order valence-corrected chi connectivity index (χ4v) is 4.28. The Hall–Kier alpha value is -2.88. The van der Waals surface area contributed by atoms with Gasteiger partial charge in [-0.1, -0.05) is 69.7 Å². The van der Waals surface area contributed by atoms with Crippen LogP contribution in [0, 0.1) is 11.7 Å². The normalized spacial score (nSPS) is 18.0. The van der Waals surface area contributed by atoms with Crippen molar-refractivity contribution in [2.24, 2.45) is 5.92 Å². The van der Waals surface area contributed by atoms with Crippen LogP contribution in [0.15, 0.2) is 60.7 Å². The predicted molar refractivity (Wildman–Crippen MR) is 123 cm³/mol. The first-order valence-electron chi connectivity index (χ1n) is 11.0. The molecule has 2 atom stereocenters. The summed E-state index contributed by atoms with van der Waals surface area (Å²) in [5, 5.41) is 10.3.